The topological polar surface area (TPSA) is 116 Å². The minimum absolute atomic E-state index is 0.103. The van der Waals surface area contributed by atoms with E-state index in [-0.39, 0.29) is 27.5 Å². The molecule has 1 fully saturated rings. The Hall–Kier alpha value is -1.23. The normalized spacial score (nSPS) is 20.8. The molecule has 19 heavy (non-hydrogen) atoms. The number of anilines is 1. The number of nitrogens with zero attached hydrogens (tertiary/aromatic N) is 2. The molecule has 0 spiro atoms. The van der Waals surface area contributed by atoms with Gasteiger partial charge in [0.2, 0.25) is 0 Å². The Kier molecular flexibility index (Phi) is 3.76. The van der Waals surface area contributed by atoms with Crippen molar-refractivity contribution in [2.24, 2.45) is 0 Å². The lowest BCUT2D eigenvalue weighted by molar-refractivity contribution is -0.383. The zero-order valence-corrected chi connectivity index (χ0v) is 11.7. The van der Waals surface area contributed by atoms with Crippen LogP contribution >= 0.6 is 11.3 Å². The summed E-state index contributed by atoms with van der Waals surface area (Å²) in [6, 6.07) is 1.01. The van der Waals surface area contributed by atoms with Crippen LogP contribution in [0.15, 0.2) is 10.3 Å². The summed E-state index contributed by atoms with van der Waals surface area (Å²) >= 11 is 0.711. The fourth-order valence-electron chi connectivity index (χ4n) is 1.88. The van der Waals surface area contributed by atoms with E-state index in [9.17, 15) is 18.5 Å². The molecule has 0 bridgehead atoms. The second-order valence-corrected chi connectivity index (χ2v) is 7.33. The van der Waals surface area contributed by atoms with Crippen molar-refractivity contribution >= 4 is 32.0 Å². The number of nitrogens with two attached hydrogens (primary N) is 1. The first kappa shape index (κ1) is 14.2. The Morgan fingerprint density at radius 3 is 2.79 bits per heavy atom. The Morgan fingerprint density at radius 2 is 2.32 bits per heavy atom. The van der Waals surface area contributed by atoms with Crippen LogP contribution in [0.5, 0.6) is 0 Å². The van der Waals surface area contributed by atoms with Crippen molar-refractivity contribution in [2.75, 3.05) is 25.9 Å². The van der Waals surface area contributed by atoms with Gasteiger partial charge < -0.3 is 10.5 Å². The summed E-state index contributed by atoms with van der Waals surface area (Å²) < 4.78 is 30.8. The van der Waals surface area contributed by atoms with Gasteiger partial charge in [0.15, 0.2) is 5.00 Å². The number of nitrogen functional groups attached to an aromatic ring is 1. The molecule has 1 atom stereocenters. The molecule has 0 aromatic carbocycles. The second kappa shape index (κ2) is 5.04. The molecular weight excluding hydrogens is 294 g/mol. The molecule has 1 unspecified atom stereocenters. The van der Waals surface area contributed by atoms with E-state index in [1.54, 1.807) is 0 Å². The first-order chi connectivity index (χ1) is 8.86. The van der Waals surface area contributed by atoms with Crippen molar-refractivity contribution < 1.29 is 18.1 Å². The van der Waals surface area contributed by atoms with Gasteiger partial charge in [-0.05, 0) is 6.42 Å². The number of sulfonamides is 1. The monoisotopic (exact) mass is 307 g/mol. The lowest BCUT2D eigenvalue weighted by Gasteiger charge is -2.14. The SMILES string of the molecule is COC1CCN(S(=O)(=O)c2cc([N+](=O)[O-])c(N)s2)C1. The lowest BCUT2D eigenvalue weighted by Crippen LogP contribution is -2.29. The van der Waals surface area contributed by atoms with Crippen molar-refractivity contribution in [3.8, 4) is 0 Å². The minimum atomic E-state index is -3.73. The van der Waals surface area contributed by atoms with E-state index in [0.717, 1.165) is 6.07 Å². The van der Waals surface area contributed by atoms with E-state index in [2.05, 4.69) is 0 Å². The molecule has 0 amide bonds. The molecular formula is C9H13N3O5S2. The number of hydrogen-bond acceptors (Lipinski definition) is 7. The van der Waals surface area contributed by atoms with Gasteiger partial charge in [-0.3, -0.25) is 10.1 Å². The van der Waals surface area contributed by atoms with Crippen molar-refractivity contribution in [3.63, 3.8) is 0 Å². The molecule has 1 aliphatic heterocycles. The van der Waals surface area contributed by atoms with Gasteiger partial charge in [0.1, 0.15) is 4.21 Å². The van der Waals surface area contributed by atoms with Crippen LogP contribution in [-0.4, -0.2) is 43.9 Å². The average molecular weight is 307 g/mol. The second-order valence-electron chi connectivity index (χ2n) is 4.08. The number of rotatable bonds is 4. The molecule has 10 heteroatoms. The fraction of sp³-hybridized carbons (Fsp3) is 0.556. The Bertz CT molecular complexity index is 597. The highest BCUT2D eigenvalue weighted by atomic mass is 32.2. The molecule has 0 radical (unpaired) electrons. The summed E-state index contributed by atoms with van der Waals surface area (Å²) in [5, 5.41) is 10.6. The van der Waals surface area contributed by atoms with Crippen molar-refractivity contribution in [1.29, 1.82) is 0 Å². The van der Waals surface area contributed by atoms with Gasteiger partial charge in [0.05, 0.1) is 11.0 Å². The highest BCUT2D eigenvalue weighted by molar-refractivity contribution is 7.91. The summed E-state index contributed by atoms with van der Waals surface area (Å²) in [6.07, 6.45) is 0.473. The molecule has 0 aliphatic carbocycles. The van der Waals surface area contributed by atoms with Crippen LogP contribution in [0.1, 0.15) is 6.42 Å². The Balaban J connectivity index is 2.30. The number of thiophene rings is 1. The molecule has 0 saturated carbocycles. The highest BCUT2D eigenvalue weighted by Crippen LogP contribution is 2.36. The van der Waals surface area contributed by atoms with Gasteiger partial charge in [-0.2, -0.15) is 4.31 Å². The van der Waals surface area contributed by atoms with Crippen LogP contribution in [0.3, 0.4) is 0 Å². The maximum Gasteiger partial charge on any atom is 0.304 e. The summed E-state index contributed by atoms with van der Waals surface area (Å²) in [6.45, 7) is 0.594. The molecule has 2 rings (SSSR count). The van der Waals surface area contributed by atoms with Gasteiger partial charge in [-0.15, -0.1) is 0 Å². The summed E-state index contributed by atoms with van der Waals surface area (Å²) in [7, 11) is -2.21. The molecule has 1 aromatic heterocycles. The summed E-state index contributed by atoms with van der Waals surface area (Å²) in [4.78, 5) is 10.00. The van der Waals surface area contributed by atoms with Gasteiger partial charge >= 0.3 is 5.69 Å². The van der Waals surface area contributed by atoms with E-state index in [0.29, 0.717) is 24.3 Å². The maximum atomic E-state index is 12.3. The average Bonchev–Trinajstić information content (AvgIpc) is 2.95. The number of hydrogen-bond donors (Lipinski definition) is 1. The lowest BCUT2D eigenvalue weighted by atomic mass is 10.3. The molecule has 2 heterocycles. The Labute approximate surface area is 114 Å². The standard InChI is InChI=1S/C9H13N3O5S2/c1-17-6-2-3-11(5-6)19(15,16)8-4-7(12(13)14)9(10)18-8/h4,6H,2-3,5,10H2,1H3. The molecule has 2 N–H and O–H groups in total. The third-order valence-corrected chi connectivity index (χ3v) is 6.22. The van der Waals surface area contributed by atoms with Gasteiger partial charge in [0.25, 0.3) is 10.0 Å². The van der Waals surface area contributed by atoms with Crippen LogP contribution < -0.4 is 5.73 Å². The van der Waals surface area contributed by atoms with Crippen LogP contribution in [0, 0.1) is 10.1 Å². The van der Waals surface area contributed by atoms with Crippen LogP contribution in [0.2, 0.25) is 0 Å². The van der Waals surface area contributed by atoms with E-state index >= 15 is 0 Å². The molecule has 1 saturated heterocycles. The first-order valence-electron chi connectivity index (χ1n) is 5.43. The van der Waals surface area contributed by atoms with E-state index in [1.807, 2.05) is 0 Å². The number of nitro groups is 1. The van der Waals surface area contributed by atoms with Crippen molar-refractivity contribution in [2.45, 2.75) is 16.7 Å². The minimum Gasteiger partial charge on any atom is -0.385 e. The zero-order chi connectivity index (χ0) is 14.2. The zero-order valence-electron chi connectivity index (χ0n) is 10.1. The van der Waals surface area contributed by atoms with Crippen molar-refractivity contribution in [3.05, 3.63) is 16.2 Å². The molecule has 8 nitrogen and oxygen atoms in total. The fourth-order valence-corrected chi connectivity index (χ4v) is 4.73. The van der Waals surface area contributed by atoms with E-state index < -0.39 is 14.9 Å². The third kappa shape index (κ3) is 2.56. The van der Waals surface area contributed by atoms with E-state index in [1.165, 1.54) is 11.4 Å². The van der Waals surface area contributed by atoms with Gasteiger partial charge in [0, 0.05) is 26.3 Å². The third-order valence-electron chi connectivity index (χ3n) is 2.95. The van der Waals surface area contributed by atoms with Gasteiger partial charge in [-0.1, -0.05) is 11.3 Å². The largest absolute Gasteiger partial charge is 0.385 e. The smallest absolute Gasteiger partial charge is 0.304 e. The van der Waals surface area contributed by atoms with Crippen LogP contribution in [0.25, 0.3) is 0 Å². The molecule has 1 aromatic rings. The number of methoxy groups -OCH3 is 1. The predicted octanol–water partition coefficient (Wildman–Crippen LogP) is 0.648. The predicted molar refractivity (Wildman–Crippen MR) is 69.6 cm³/mol. The summed E-state index contributed by atoms with van der Waals surface area (Å²) in [5.41, 5.74) is 5.09. The quantitative estimate of drug-likeness (QED) is 0.645. The van der Waals surface area contributed by atoms with Crippen molar-refractivity contribution in [1.82, 2.24) is 4.31 Å². The first-order valence-corrected chi connectivity index (χ1v) is 7.68. The van der Waals surface area contributed by atoms with Crippen LogP contribution in [-0.2, 0) is 14.8 Å². The maximum absolute atomic E-state index is 12.3. The summed E-state index contributed by atoms with van der Waals surface area (Å²) in [5.74, 6) is 0. The number of ether oxygens (including phenoxy) is 1. The highest BCUT2D eigenvalue weighted by Gasteiger charge is 2.35. The Morgan fingerprint density at radius 1 is 1.63 bits per heavy atom. The van der Waals surface area contributed by atoms with Crippen LogP contribution in [0.4, 0.5) is 10.7 Å². The van der Waals surface area contributed by atoms with E-state index in [4.69, 9.17) is 10.5 Å². The molecule has 1 aliphatic rings. The van der Waals surface area contributed by atoms with Gasteiger partial charge in [-0.25, -0.2) is 8.42 Å². The molecule has 106 valence electrons.